The van der Waals surface area contributed by atoms with E-state index in [2.05, 4.69) is 11.1 Å². The van der Waals surface area contributed by atoms with Crippen molar-refractivity contribution < 1.29 is 9.84 Å². The van der Waals surface area contributed by atoms with Gasteiger partial charge in [0.1, 0.15) is 12.4 Å². The molecule has 0 unspecified atom stereocenters. The van der Waals surface area contributed by atoms with E-state index in [1.54, 1.807) is 0 Å². The van der Waals surface area contributed by atoms with Gasteiger partial charge in [-0.2, -0.15) is 0 Å². The Bertz CT molecular complexity index is 511. The Labute approximate surface area is 107 Å². The first-order valence-corrected chi connectivity index (χ1v) is 6.01. The average molecular weight is 243 g/mol. The fourth-order valence-corrected chi connectivity index (χ4v) is 1.83. The van der Waals surface area contributed by atoms with E-state index >= 15 is 0 Å². The Morgan fingerprint density at radius 3 is 2.83 bits per heavy atom. The SMILES string of the molecule is Cc1cncc(COc2ccccc2CCO)c1. The highest BCUT2D eigenvalue weighted by Gasteiger charge is 2.03. The van der Waals surface area contributed by atoms with Crippen LogP contribution in [0.4, 0.5) is 0 Å². The summed E-state index contributed by atoms with van der Waals surface area (Å²) >= 11 is 0. The lowest BCUT2D eigenvalue weighted by Crippen LogP contribution is -2.00. The van der Waals surface area contributed by atoms with Crippen molar-refractivity contribution in [2.75, 3.05) is 6.61 Å². The van der Waals surface area contributed by atoms with E-state index in [-0.39, 0.29) is 6.61 Å². The van der Waals surface area contributed by atoms with E-state index in [1.807, 2.05) is 43.6 Å². The lowest BCUT2D eigenvalue weighted by molar-refractivity contribution is 0.283. The number of aliphatic hydroxyl groups excluding tert-OH is 1. The first kappa shape index (κ1) is 12.6. The van der Waals surface area contributed by atoms with Gasteiger partial charge in [-0.15, -0.1) is 0 Å². The zero-order valence-electron chi connectivity index (χ0n) is 10.5. The summed E-state index contributed by atoms with van der Waals surface area (Å²) in [5.41, 5.74) is 3.20. The molecular formula is C15H17NO2. The predicted octanol–water partition coefficient (Wildman–Crippen LogP) is 2.50. The molecule has 0 aliphatic heterocycles. The van der Waals surface area contributed by atoms with Crippen molar-refractivity contribution >= 4 is 0 Å². The van der Waals surface area contributed by atoms with Crippen LogP contribution in [0.5, 0.6) is 5.75 Å². The van der Waals surface area contributed by atoms with Crippen LogP contribution < -0.4 is 4.74 Å². The molecule has 0 aliphatic carbocycles. The Hall–Kier alpha value is -1.87. The standard InChI is InChI=1S/C15H17NO2/c1-12-8-13(10-16-9-12)11-18-15-5-3-2-4-14(15)6-7-17/h2-5,8-10,17H,6-7,11H2,1H3. The summed E-state index contributed by atoms with van der Waals surface area (Å²) in [6.07, 6.45) is 4.24. The smallest absolute Gasteiger partial charge is 0.123 e. The van der Waals surface area contributed by atoms with Crippen molar-refractivity contribution in [1.29, 1.82) is 0 Å². The van der Waals surface area contributed by atoms with Crippen LogP contribution in [0.3, 0.4) is 0 Å². The molecule has 0 radical (unpaired) electrons. The minimum Gasteiger partial charge on any atom is -0.489 e. The number of aryl methyl sites for hydroxylation is 1. The van der Waals surface area contributed by atoms with Gasteiger partial charge in [0.25, 0.3) is 0 Å². The van der Waals surface area contributed by atoms with Crippen LogP contribution >= 0.6 is 0 Å². The topological polar surface area (TPSA) is 42.4 Å². The zero-order chi connectivity index (χ0) is 12.8. The van der Waals surface area contributed by atoms with Gasteiger partial charge >= 0.3 is 0 Å². The van der Waals surface area contributed by atoms with E-state index in [0.717, 1.165) is 22.4 Å². The molecule has 0 saturated heterocycles. The van der Waals surface area contributed by atoms with Crippen LogP contribution in [0, 0.1) is 6.92 Å². The Morgan fingerprint density at radius 1 is 1.22 bits per heavy atom. The summed E-state index contributed by atoms with van der Waals surface area (Å²) in [6.45, 7) is 2.64. The number of hydrogen-bond donors (Lipinski definition) is 1. The third kappa shape index (κ3) is 3.31. The number of benzene rings is 1. The molecule has 0 atom stereocenters. The normalized spacial score (nSPS) is 10.3. The molecule has 1 N–H and O–H groups in total. The van der Waals surface area contributed by atoms with Crippen molar-refractivity contribution in [3.63, 3.8) is 0 Å². The van der Waals surface area contributed by atoms with Crippen molar-refractivity contribution in [3.05, 3.63) is 59.4 Å². The Kier molecular flexibility index (Phi) is 4.31. The van der Waals surface area contributed by atoms with E-state index < -0.39 is 0 Å². The quantitative estimate of drug-likeness (QED) is 0.877. The van der Waals surface area contributed by atoms with Crippen LogP contribution in [0.25, 0.3) is 0 Å². The summed E-state index contributed by atoms with van der Waals surface area (Å²) in [7, 11) is 0. The number of para-hydroxylation sites is 1. The molecular weight excluding hydrogens is 226 g/mol. The Balaban J connectivity index is 2.06. The van der Waals surface area contributed by atoms with E-state index in [0.29, 0.717) is 13.0 Å². The molecule has 94 valence electrons. The highest BCUT2D eigenvalue weighted by atomic mass is 16.5. The first-order valence-electron chi connectivity index (χ1n) is 6.01. The molecule has 1 aromatic heterocycles. The number of pyridine rings is 1. The molecule has 1 heterocycles. The van der Waals surface area contributed by atoms with Gasteiger partial charge in [-0.3, -0.25) is 4.98 Å². The maximum atomic E-state index is 9.00. The van der Waals surface area contributed by atoms with Crippen molar-refractivity contribution in [2.45, 2.75) is 20.0 Å². The lowest BCUT2D eigenvalue weighted by atomic mass is 10.1. The van der Waals surface area contributed by atoms with Gasteiger partial charge < -0.3 is 9.84 Å². The minimum atomic E-state index is 0.131. The second-order valence-corrected chi connectivity index (χ2v) is 4.24. The molecule has 0 aliphatic rings. The summed E-state index contributed by atoms with van der Waals surface area (Å²) < 4.78 is 5.78. The van der Waals surface area contributed by atoms with Gasteiger partial charge in [-0.05, 0) is 36.6 Å². The van der Waals surface area contributed by atoms with E-state index in [1.165, 1.54) is 0 Å². The molecule has 2 aromatic rings. The van der Waals surface area contributed by atoms with E-state index in [4.69, 9.17) is 9.84 Å². The molecule has 0 saturated carbocycles. The van der Waals surface area contributed by atoms with Gasteiger partial charge in [0.2, 0.25) is 0 Å². The van der Waals surface area contributed by atoms with Gasteiger partial charge in [0.15, 0.2) is 0 Å². The molecule has 2 rings (SSSR count). The third-order valence-corrected chi connectivity index (χ3v) is 2.68. The fourth-order valence-electron chi connectivity index (χ4n) is 1.83. The van der Waals surface area contributed by atoms with Gasteiger partial charge in [0, 0.05) is 24.6 Å². The van der Waals surface area contributed by atoms with Crippen molar-refractivity contribution in [2.24, 2.45) is 0 Å². The maximum Gasteiger partial charge on any atom is 0.123 e. The number of aromatic nitrogens is 1. The molecule has 1 aromatic carbocycles. The molecule has 3 heteroatoms. The zero-order valence-corrected chi connectivity index (χ0v) is 10.5. The van der Waals surface area contributed by atoms with Gasteiger partial charge in [-0.1, -0.05) is 18.2 Å². The largest absolute Gasteiger partial charge is 0.489 e. The predicted molar refractivity (Wildman–Crippen MR) is 70.5 cm³/mol. The highest BCUT2D eigenvalue weighted by molar-refractivity contribution is 5.33. The third-order valence-electron chi connectivity index (χ3n) is 2.68. The van der Waals surface area contributed by atoms with Crippen LogP contribution in [0.15, 0.2) is 42.7 Å². The van der Waals surface area contributed by atoms with Gasteiger partial charge in [-0.25, -0.2) is 0 Å². The summed E-state index contributed by atoms with van der Waals surface area (Å²) in [5.74, 6) is 0.827. The van der Waals surface area contributed by atoms with Crippen molar-refractivity contribution in [3.8, 4) is 5.75 Å². The number of nitrogens with zero attached hydrogens (tertiary/aromatic N) is 1. The van der Waals surface area contributed by atoms with Crippen LogP contribution in [0.2, 0.25) is 0 Å². The highest BCUT2D eigenvalue weighted by Crippen LogP contribution is 2.19. The van der Waals surface area contributed by atoms with Gasteiger partial charge in [0.05, 0.1) is 0 Å². The van der Waals surface area contributed by atoms with Crippen molar-refractivity contribution in [1.82, 2.24) is 4.98 Å². The molecule has 0 amide bonds. The molecule has 0 spiro atoms. The Morgan fingerprint density at radius 2 is 2.06 bits per heavy atom. The monoisotopic (exact) mass is 243 g/mol. The lowest BCUT2D eigenvalue weighted by Gasteiger charge is -2.10. The molecule has 3 nitrogen and oxygen atoms in total. The average Bonchev–Trinajstić information content (AvgIpc) is 2.38. The fraction of sp³-hybridized carbons (Fsp3) is 0.267. The van der Waals surface area contributed by atoms with Crippen LogP contribution in [0.1, 0.15) is 16.7 Å². The second-order valence-electron chi connectivity index (χ2n) is 4.24. The van der Waals surface area contributed by atoms with E-state index in [9.17, 15) is 0 Å². The minimum absolute atomic E-state index is 0.131. The number of aliphatic hydroxyl groups is 1. The molecule has 0 bridgehead atoms. The first-order chi connectivity index (χ1) is 8.79. The second kappa shape index (κ2) is 6.17. The molecule has 0 fully saturated rings. The number of hydrogen-bond acceptors (Lipinski definition) is 3. The molecule has 18 heavy (non-hydrogen) atoms. The maximum absolute atomic E-state index is 9.00. The summed E-state index contributed by atoms with van der Waals surface area (Å²) in [4.78, 5) is 4.14. The van der Waals surface area contributed by atoms with Crippen LogP contribution in [-0.4, -0.2) is 16.7 Å². The summed E-state index contributed by atoms with van der Waals surface area (Å²) in [6, 6.07) is 9.84. The number of rotatable bonds is 5. The van der Waals surface area contributed by atoms with Crippen LogP contribution in [-0.2, 0) is 13.0 Å². The number of ether oxygens (including phenoxy) is 1. The summed E-state index contributed by atoms with van der Waals surface area (Å²) in [5, 5.41) is 9.00.